The molecule has 1 saturated heterocycles. The minimum atomic E-state index is 0.108. The van der Waals surface area contributed by atoms with Crippen LogP contribution in [0.25, 0.3) is 0 Å². The van der Waals surface area contributed by atoms with Crippen molar-refractivity contribution in [3.8, 4) is 0 Å². The summed E-state index contributed by atoms with van der Waals surface area (Å²) >= 11 is 6.04. The molecule has 1 N–H and O–H groups in total. The average Bonchev–Trinajstić information content (AvgIpc) is 2.27. The molecule has 3 atom stereocenters. The molecular formula is C14H19ClNO2+. The molecule has 1 aliphatic heterocycles. The second kappa shape index (κ2) is 5.83. The summed E-state index contributed by atoms with van der Waals surface area (Å²) in [7, 11) is 0. The number of ketones is 1. The fourth-order valence-corrected chi connectivity index (χ4v) is 2.78. The number of benzene rings is 1. The van der Waals surface area contributed by atoms with Gasteiger partial charge in [0.05, 0.1) is 5.02 Å². The zero-order valence-corrected chi connectivity index (χ0v) is 11.5. The maximum Gasteiger partial charge on any atom is 0.218 e. The first kappa shape index (κ1) is 13.5. The topological polar surface area (TPSA) is 30.7 Å². The largest absolute Gasteiger partial charge is 0.364 e. The fourth-order valence-electron chi connectivity index (χ4n) is 2.54. The Morgan fingerprint density at radius 1 is 1.33 bits per heavy atom. The van der Waals surface area contributed by atoms with Crippen LogP contribution in [-0.4, -0.2) is 37.6 Å². The molecular weight excluding hydrogens is 250 g/mol. The van der Waals surface area contributed by atoms with Crippen LogP contribution in [0.15, 0.2) is 24.3 Å². The van der Waals surface area contributed by atoms with Crippen molar-refractivity contribution in [1.82, 2.24) is 0 Å². The van der Waals surface area contributed by atoms with Crippen molar-refractivity contribution in [2.45, 2.75) is 26.1 Å². The first-order valence-corrected chi connectivity index (χ1v) is 6.71. The lowest BCUT2D eigenvalue weighted by atomic mass is 10.1. The van der Waals surface area contributed by atoms with E-state index in [9.17, 15) is 4.79 Å². The number of hydrogen-bond donors (Lipinski definition) is 1. The monoisotopic (exact) mass is 268 g/mol. The van der Waals surface area contributed by atoms with Gasteiger partial charge in [-0.3, -0.25) is 4.79 Å². The third-order valence-electron chi connectivity index (χ3n) is 3.20. The second-order valence-electron chi connectivity index (χ2n) is 5.00. The highest BCUT2D eigenvalue weighted by Crippen LogP contribution is 2.14. The van der Waals surface area contributed by atoms with Gasteiger partial charge in [-0.05, 0) is 26.0 Å². The van der Waals surface area contributed by atoms with E-state index >= 15 is 0 Å². The number of halogens is 1. The van der Waals surface area contributed by atoms with Gasteiger partial charge in [-0.1, -0.05) is 23.7 Å². The summed E-state index contributed by atoms with van der Waals surface area (Å²) in [5.74, 6) is 0.108. The molecule has 98 valence electrons. The summed E-state index contributed by atoms with van der Waals surface area (Å²) in [6.45, 7) is 6.34. The minimum absolute atomic E-state index is 0.108. The molecule has 0 amide bonds. The van der Waals surface area contributed by atoms with Crippen LogP contribution in [-0.2, 0) is 4.74 Å². The van der Waals surface area contributed by atoms with Crippen molar-refractivity contribution in [3.05, 3.63) is 34.9 Å². The van der Waals surface area contributed by atoms with Gasteiger partial charge in [0.1, 0.15) is 31.8 Å². The molecule has 1 aromatic rings. The van der Waals surface area contributed by atoms with E-state index in [1.54, 1.807) is 12.1 Å². The van der Waals surface area contributed by atoms with E-state index in [0.29, 0.717) is 17.1 Å². The van der Waals surface area contributed by atoms with E-state index in [-0.39, 0.29) is 18.0 Å². The Balaban J connectivity index is 2.01. The summed E-state index contributed by atoms with van der Waals surface area (Å²) in [4.78, 5) is 13.5. The highest BCUT2D eigenvalue weighted by atomic mass is 35.5. The van der Waals surface area contributed by atoms with Crippen LogP contribution in [0.1, 0.15) is 24.2 Å². The van der Waals surface area contributed by atoms with E-state index in [1.807, 2.05) is 12.1 Å². The maximum atomic E-state index is 12.2. The molecule has 1 aliphatic rings. The lowest BCUT2D eigenvalue weighted by molar-refractivity contribution is -0.906. The van der Waals surface area contributed by atoms with Crippen molar-refractivity contribution >= 4 is 17.4 Å². The van der Waals surface area contributed by atoms with Crippen LogP contribution in [0.2, 0.25) is 5.02 Å². The van der Waals surface area contributed by atoms with E-state index in [0.717, 1.165) is 13.1 Å². The van der Waals surface area contributed by atoms with Crippen molar-refractivity contribution in [1.29, 1.82) is 0 Å². The van der Waals surface area contributed by atoms with Crippen LogP contribution >= 0.6 is 11.6 Å². The molecule has 0 aromatic heterocycles. The van der Waals surface area contributed by atoms with Gasteiger partial charge >= 0.3 is 0 Å². The molecule has 0 radical (unpaired) electrons. The van der Waals surface area contributed by atoms with Crippen LogP contribution < -0.4 is 4.90 Å². The Kier molecular flexibility index (Phi) is 4.38. The Bertz CT molecular complexity index is 426. The third-order valence-corrected chi connectivity index (χ3v) is 3.53. The highest BCUT2D eigenvalue weighted by molar-refractivity contribution is 6.34. The molecule has 0 saturated carbocycles. The van der Waals surface area contributed by atoms with E-state index < -0.39 is 0 Å². The summed E-state index contributed by atoms with van der Waals surface area (Å²) in [6, 6.07) is 7.23. The zero-order chi connectivity index (χ0) is 13.1. The molecule has 1 heterocycles. The molecule has 0 spiro atoms. The van der Waals surface area contributed by atoms with Gasteiger partial charge in [0.2, 0.25) is 5.78 Å². The summed E-state index contributed by atoms with van der Waals surface area (Å²) in [5, 5.41) is 0.538. The first-order chi connectivity index (χ1) is 8.56. The number of quaternary nitrogens is 1. The Morgan fingerprint density at radius 2 is 1.94 bits per heavy atom. The van der Waals surface area contributed by atoms with E-state index in [2.05, 4.69) is 13.8 Å². The number of ether oxygens (including phenoxy) is 1. The van der Waals surface area contributed by atoms with Gasteiger partial charge in [-0.25, -0.2) is 0 Å². The number of carbonyl (C=O) groups excluding carboxylic acids is 1. The number of Topliss-reactive ketones (excluding diaryl/α,β-unsaturated/α-hetero) is 1. The minimum Gasteiger partial charge on any atom is -0.364 e. The van der Waals surface area contributed by atoms with Gasteiger partial charge in [0.15, 0.2) is 0 Å². The lowest BCUT2D eigenvalue weighted by Gasteiger charge is -2.32. The molecule has 0 bridgehead atoms. The molecule has 1 fully saturated rings. The van der Waals surface area contributed by atoms with Crippen LogP contribution in [0.5, 0.6) is 0 Å². The van der Waals surface area contributed by atoms with Gasteiger partial charge in [0, 0.05) is 5.56 Å². The van der Waals surface area contributed by atoms with E-state index in [1.165, 1.54) is 4.90 Å². The summed E-state index contributed by atoms with van der Waals surface area (Å²) in [6.07, 6.45) is 0.422. The molecule has 1 unspecified atom stereocenters. The summed E-state index contributed by atoms with van der Waals surface area (Å²) < 4.78 is 5.67. The van der Waals surface area contributed by atoms with Crippen LogP contribution in [0, 0.1) is 0 Å². The maximum absolute atomic E-state index is 12.2. The predicted octanol–water partition coefficient (Wildman–Crippen LogP) is 1.21. The third kappa shape index (κ3) is 3.31. The standard InChI is InChI=1S/C14H18ClNO2/c1-10-7-16(8-11(2)18-10)9-14(17)12-5-3-4-6-13(12)15/h3-6,10-11H,7-9H2,1-2H3/p+1/t10-,11+. The Labute approximate surface area is 113 Å². The highest BCUT2D eigenvalue weighted by Gasteiger charge is 2.27. The fraction of sp³-hybridized carbons (Fsp3) is 0.500. The molecule has 4 heteroatoms. The predicted molar refractivity (Wildman–Crippen MR) is 71.4 cm³/mol. The average molecular weight is 269 g/mol. The normalized spacial score (nSPS) is 28.1. The SMILES string of the molecule is C[C@@H]1C[NH+](CC(=O)c2ccccc2Cl)C[C@H](C)O1. The van der Waals surface area contributed by atoms with Gasteiger partial charge < -0.3 is 9.64 Å². The van der Waals surface area contributed by atoms with Crippen molar-refractivity contribution in [2.24, 2.45) is 0 Å². The second-order valence-corrected chi connectivity index (χ2v) is 5.40. The van der Waals surface area contributed by atoms with Crippen molar-refractivity contribution < 1.29 is 14.4 Å². The number of hydrogen-bond acceptors (Lipinski definition) is 2. The molecule has 3 nitrogen and oxygen atoms in total. The van der Waals surface area contributed by atoms with Gasteiger partial charge in [-0.15, -0.1) is 0 Å². The molecule has 1 aromatic carbocycles. The van der Waals surface area contributed by atoms with E-state index in [4.69, 9.17) is 16.3 Å². The van der Waals surface area contributed by atoms with Crippen LogP contribution in [0.3, 0.4) is 0 Å². The quantitative estimate of drug-likeness (QED) is 0.836. The molecule has 2 rings (SSSR count). The van der Waals surface area contributed by atoms with Crippen LogP contribution in [0.4, 0.5) is 0 Å². The number of carbonyl (C=O) groups is 1. The number of rotatable bonds is 3. The first-order valence-electron chi connectivity index (χ1n) is 6.33. The number of nitrogens with one attached hydrogen (secondary N) is 1. The Morgan fingerprint density at radius 3 is 2.56 bits per heavy atom. The summed E-state index contributed by atoms with van der Waals surface area (Å²) in [5.41, 5.74) is 0.624. The van der Waals surface area contributed by atoms with Gasteiger partial charge in [0.25, 0.3) is 0 Å². The zero-order valence-electron chi connectivity index (χ0n) is 10.8. The molecule has 0 aliphatic carbocycles. The lowest BCUT2D eigenvalue weighted by Crippen LogP contribution is -3.16. The number of morpholine rings is 1. The molecule has 18 heavy (non-hydrogen) atoms. The smallest absolute Gasteiger partial charge is 0.218 e. The van der Waals surface area contributed by atoms with Crippen molar-refractivity contribution in [2.75, 3.05) is 19.6 Å². The Hall–Kier alpha value is -0.900. The van der Waals surface area contributed by atoms with Gasteiger partial charge in [-0.2, -0.15) is 0 Å². The van der Waals surface area contributed by atoms with Crippen molar-refractivity contribution in [3.63, 3.8) is 0 Å².